The summed E-state index contributed by atoms with van der Waals surface area (Å²) in [5, 5.41) is 2.82. The molecular formula is C12H12ClN3OS. The summed E-state index contributed by atoms with van der Waals surface area (Å²) >= 11 is 7.45. The Labute approximate surface area is 113 Å². The summed E-state index contributed by atoms with van der Waals surface area (Å²) in [5.41, 5.74) is 1.95. The van der Waals surface area contributed by atoms with Gasteiger partial charge in [0.1, 0.15) is 11.5 Å². The molecule has 3 heterocycles. The fraction of sp³-hybridized carbons (Fsp3) is 0.333. The van der Waals surface area contributed by atoms with Crippen molar-refractivity contribution in [1.82, 2.24) is 15.3 Å². The smallest absolute Gasteiger partial charge is 0.220 e. The van der Waals surface area contributed by atoms with Gasteiger partial charge < -0.3 is 10.3 Å². The second kappa shape index (κ2) is 4.40. The Kier molecular flexibility index (Phi) is 2.87. The van der Waals surface area contributed by atoms with Crippen molar-refractivity contribution in [2.24, 2.45) is 0 Å². The summed E-state index contributed by atoms with van der Waals surface area (Å²) in [6, 6.07) is 3.84. The molecule has 1 saturated heterocycles. The number of hydrogen-bond acceptors (Lipinski definition) is 3. The summed E-state index contributed by atoms with van der Waals surface area (Å²) in [4.78, 5) is 20.2. The highest BCUT2D eigenvalue weighted by Crippen LogP contribution is 2.33. The summed E-state index contributed by atoms with van der Waals surface area (Å²) in [7, 11) is 0. The first-order valence-corrected chi connectivity index (χ1v) is 6.92. The van der Waals surface area contributed by atoms with E-state index in [0.29, 0.717) is 13.0 Å². The van der Waals surface area contributed by atoms with E-state index in [1.165, 1.54) is 11.3 Å². The van der Waals surface area contributed by atoms with Crippen LogP contribution in [0.15, 0.2) is 12.1 Å². The fourth-order valence-corrected chi connectivity index (χ4v) is 3.25. The minimum atomic E-state index is 0.0924. The molecule has 3 rings (SSSR count). The van der Waals surface area contributed by atoms with Crippen LogP contribution in [0.5, 0.6) is 0 Å². The highest BCUT2D eigenvalue weighted by atomic mass is 35.5. The first kappa shape index (κ1) is 11.7. The molecule has 0 aromatic carbocycles. The number of halogens is 1. The first-order chi connectivity index (χ1) is 8.63. The van der Waals surface area contributed by atoms with E-state index < -0.39 is 0 Å². The number of carbonyl (C=O) groups excluding carboxylic acids is 1. The largest absolute Gasteiger partial charge is 0.355 e. The number of aryl methyl sites for hydroxylation is 1. The number of aromatic nitrogens is 2. The molecule has 18 heavy (non-hydrogen) atoms. The third-order valence-corrected chi connectivity index (χ3v) is 4.31. The van der Waals surface area contributed by atoms with Crippen LogP contribution in [-0.4, -0.2) is 22.4 Å². The zero-order valence-corrected chi connectivity index (χ0v) is 11.4. The number of hydrogen-bond donors (Lipinski definition) is 2. The van der Waals surface area contributed by atoms with Gasteiger partial charge in [-0.05, 0) is 19.1 Å². The van der Waals surface area contributed by atoms with E-state index in [0.717, 1.165) is 26.4 Å². The topological polar surface area (TPSA) is 57.8 Å². The summed E-state index contributed by atoms with van der Waals surface area (Å²) in [5.74, 6) is 1.13. The highest BCUT2D eigenvalue weighted by molar-refractivity contribution is 7.19. The summed E-state index contributed by atoms with van der Waals surface area (Å²) in [6.45, 7) is 2.65. The van der Waals surface area contributed by atoms with Crippen LogP contribution >= 0.6 is 22.9 Å². The zero-order valence-electron chi connectivity index (χ0n) is 9.79. The molecule has 4 nitrogen and oxygen atoms in total. The van der Waals surface area contributed by atoms with Gasteiger partial charge >= 0.3 is 0 Å². The van der Waals surface area contributed by atoms with Gasteiger partial charge in [-0.3, -0.25) is 4.79 Å². The van der Waals surface area contributed by atoms with E-state index >= 15 is 0 Å². The van der Waals surface area contributed by atoms with Gasteiger partial charge in [0.25, 0.3) is 0 Å². The minimum Gasteiger partial charge on any atom is -0.355 e. The molecule has 0 bridgehead atoms. The second-order valence-corrected chi connectivity index (χ2v) is 6.12. The minimum absolute atomic E-state index is 0.0924. The normalized spacial score (nSPS) is 19.2. The van der Waals surface area contributed by atoms with Gasteiger partial charge in [-0.15, -0.1) is 11.3 Å². The SMILES string of the molecule is Cc1[nH]c(C2CNC(=O)C2)nc1-c1ccc(Cl)s1. The molecule has 0 radical (unpaired) electrons. The lowest BCUT2D eigenvalue weighted by molar-refractivity contribution is -0.119. The van der Waals surface area contributed by atoms with Gasteiger partial charge in [0.15, 0.2) is 0 Å². The number of nitrogens with zero attached hydrogens (tertiary/aromatic N) is 1. The van der Waals surface area contributed by atoms with Gasteiger partial charge in [-0.2, -0.15) is 0 Å². The Hall–Kier alpha value is -1.33. The standard InChI is InChI=1S/C12H12ClN3OS/c1-6-11(8-2-3-9(13)18-8)16-12(15-6)7-4-10(17)14-5-7/h2-3,7H,4-5H2,1H3,(H,14,17)(H,15,16). The molecule has 6 heteroatoms. The van der Waals surface area contributed by atoms with Crippen LogP contribution in [0.4, 0.5) is 0 Å². The average molecular weight is 282 g/mol. The van der Waals surface area contributed by atoms with Crippen molar-refractivity contribution in [2.75, 3.05) is 6.54 Å². The first-order valence-electron chi connectivity index (χ1n) is 5.72. The molecule has 1 unspecified atom stereocenters. The third kappa shape index (κ3) is 2.04. The molecular weight excluding hydrogens is 270 g/mol. The van der Waals surface area contributed by atoms with Crippen LogP contribution in [-0.2, 0) is 4.79 Å². The van der Waals surface area contributed by atoms with Crippen molar-refractivity contribution in [1.29, 1.82) is 0 Å². The fourth-order valence-electron chi connectivity index (χ4n) is 2.16. The summed E-state index contributed by atoms with van der Waals surface area (Å²) in [6.07, 6.45) is 0.511. The number of rotatable bonds is 2. The molecule has 1 amide bonds. The van der Waals surface area contributed by atoms with E-state index in [4.69, 9.17) is 11.6 Å². The molecule has 1 aliphatic heterocycles. The maximum atomic E-state index is 11.2. The predicted octanol–water partition coefficient (Wildman–Crippen LogP) is 2.70. The number of nitrogens with one attached hydrogen (secondary N) is 2. The van der Waals surface area contributed by atoms with E-state index in [9.17, 15) is 4.79 Å². The molecule has 1 aliphatic rings. The van der Waals surface area contributed by atoms with E-state index in [2.05, 4.69) is 15.3 Å². The van der Waals surface area contributed by atoms with Gasteiger partial charge in [0.2, 0.25) is 5.91 Å². The Balaban J connectivity index is 1.93. The van der Waals surface area contributed by atoms with Gasteiger partial charge in [0.05, 0.1) is 9.21 Å². The van der Waals surface area contributed by atoms with E-state index in [1.807, 2.05) is 19.1 Å². The second-order valence-electron chi connectivity index (χ2n) is 4.40. The van der Waals surface area contributed by atoms with Crippen LogP contribution in [0.2, 0.25) is 4.34 Å². The van der Waals surface area contributed by atoms with Crippen molar-refractivity contribution in [2.45, 2.75) is 19.3 Å². The number of amides is 1. The Morgan fingerprint density at radius 2 is 2.33 bits per heavy atom. The van der Waals surface area contributed by atoms with E-state index in [1.54, 1.807) is 0 Å². The monoisotopic (exact) mass is 281 g/mol. The lowest BCUT2D eigenvalue weighted by Crippen LogP contribution is -2.13. The molecule has 1 atom stereocenters. The molecule has 2 aromatic heterocycles. The van der Waals surface area contributed by atoms with Gasteiger partial charge in [-0.25, -0.2) is 4.98 Å². The Morgan fingerprint density at radius 1 is 1.50 bits per heavy atom. The molecule has 2 N–H and O–H groups in total. The van der Waals surface area contributed by atoms with Crippen molar-refractivity contribution in [3.05, 3.63) is 28.0 Å². The van der Waals surface area contributed by atoms with Crippen molar-refractivity contribution in [3.8, 4) is 10.6 Å². The molecule has 0 spiro atoms. The molecule has 94 valence electrons. The number of imidazole rings is 1. The maximum absolute atomic E-state index is 11.2. The van der Waals surface area contributed by atoms with Crippen molar-refractivity contribution in [3.63, 3.8) is 0 Å². The molecule has 2 aromatic rings. The summed E-state index contributed by atoms with van der Waals surface area (Å²) < 4.78 is 0.756. The predicted molar refractivity (Wildman–Crippen MR) is 72.0 cm³/mol. The molecule has 0 saturated carbocycles. The number of aromatic amines is 1. The lowest BCUT2D eigenvalue weighted by atomic mass is 10.1. The third-order valence-electron chi connectivity index (χ3n) is 3.07. The van der Waals surface area contributed by atoms with Crippen LogP contribution < -0.4 is 5.32 Å². The Bertz CT molecular complexity index is 604. The molecule has 1 fully saturated rings. The lowest BCUT2D eigenvalue weighted by Gasteiger charge is -2.00. The van der Waals surface area contributed by atoms with Gasteiger partial charge in [0, 0.05) is 24.6 Å². The number of H-pyrrole nitrogens is 1. The van der Waals surface area contributed by atoms with Crippen LogP contribution in [0.3, 0.4) is 0 Å². The van der Waals surface area contributed by atoms with E-state index in [-0.39, 0.29) is 11.8 Å². The average Bonchev–Trinajstić information content (AvgIpc) is 2.99. The van der Waals surface area contributed by atoms with Crippen LogP contribution in [0, 0.1) is 6.92 Å². The molecule has 0 aliphatic carbocycles. The van der Waals surface area contributed by atoms with Crippen LogP contribution in [0.1, 0.15) is 23.9 Å². The number of thiophene rings is 1. The number of carbonyl (C=O) groups is 1. The highest BCUT2D eigenvalue weighted by Gasteiger charge is 2.26. The Morgan fingerprint density at radius 3 is 2.94 bits per heavy atom. The van der Waals surface area contributed by atoms with Crippen molar-refractivity contribution >= 4 is 28.8 Å². The quantitative estimate of drug-likeness (QED) is 0.889. The van der Waals surface area contributed by atoms with Crippen molar-refractivity contribution < 1.29 is 4.79 Å². The maximum Gasteiger partial charge on any atom is 0.220 e. The van der Waals surface area contributed by atoms with Gasteiger partial charge in [-0.1, -0.05) is 11.6 Å². The van der Waals surface area contributed by atoms with Crippen LogP contribution in [0.25, 0.3) is 10.6 Å². The zero-order chi connectivity index (χ0) is 12.7.